The largest absolute Gasteiger partial charge is 0.486 e. The van der Waals surface area contributed by atoms with Crippen LogP contribution in [0.4, 0.5) is 5.82 Å². The Balaban J connectivity index is 2.11. The molecule has 2 rings (SSSR count). The molecule has 0 aliphatic heterocycles. The van der Waals surface area contributed by atoms with E-state index in [1.807, 2.05) is 19.1 Å². The Hall–Kier alpha value is -1.16. The maximum absolute atomic E-state index is 6.06. The molecule has 20 heavy (non-hydrogen) atoms. The topological polar surface area (TPSA) is 34.1 Å². The van der Waals surface area contributed by atoms with Gasteiger partial charge in [0, 0.05) is 17.8 Å². The van der Waals surface area contributed by atoms with Crippen LogP contribution in [0.2, 0.25) is 15.1 Å². The van der Waals surface area contributed by atoms with E-state index in [1.165, 1.54) is 0 Å². The van der Waals surface area contributed by atoms with Gasteiger partial charge in [-0.3, -0.25) is 0 Å². The number of nitrogens with one attached hydrogen (secondary N) is 1. The number of hydrogen-bond acceptors (Lipinski definition) is 3. The van der Waals surface area contributed by atoms with Crippen LogP contribution in [0.1, 0.15) is 12.5 Å². The number of aromatic nitrogens is 1. The van der Waals surface area contributed by atoms with Gasteiger partial charge in [-0.2, -0.15) is 0 Å². The van der Waals surface area contributed by atoms with Crippen molar-refractivity contribution in [3.8, 4) is 5.75 Å². The van der Waals surface area contributed by atoms with Gasteiger partial charge in [0.2, 0.25) is 0 Å². The second-order valence-corrected chi connectivity index (χ2v) is 5.32. The van der Waals surface area contributed by atoms with Gasteiger partial charge in [0.25, 0.3) is 0 Å². The smallest absolute Gasteiger partial charge is 0.157 e. The molecule has 0 radical (unpaired) electrons. The Morgan fingerprint density at radius 3 is 2.50 bits per heavy atom. The van der Waals surface area contributed by atoms with Crippen LogP contribution >= 0.6 is 34.8 Å². The van der Waals surface area contributed by atoms with Gasteiger partial charge in [-0.05, 0) is 36.8 Å². The first-order valence-electron chi connectivity index (χ1n) is 6.06. The van der Waals surface area contributed by atoms with Crippen LogP contribution in [0.3, 0.4) is 0 Å². The molecule has 0 fully saturated rings. The zero-order chi connectivity index (χ0) is 14.5. The third-order valence-electron chi connectivity index (χ3n) is 2.53. The van der Waals surface area contributed by atoms with Crippen molar-refractivity contribution in [2.75, 3.05) is 11.9 Å². The molecule has 3 nitrogen and oxygen atoms in total. The molecule has 0 unspecified atom stereocenters. The maximum atomic E-state index is 6.06. The fourth-order valence-corrected chi connectivity index (χ4v) is 2.59. The van der Waals surface area contributed by atoms with Gasteiger partial charge in [-0.1, -0.05) is 34.8 Å². The average molecular weight is 332 g/mol. The first-order chi connectivity index (χ1) is 9.60. The van der Waals surface area contributed by atoms with Crippen molar-refractivity contribution in [1.29, 1.82) is 0 Å². The standard InChI is InChI=1S/C14H13Cl3N2O/c1-2-18-13-5-9(3-4-19-13)8-20-14-11(16)6-10(15)7-12(14)17/h3-7H,2,8H2,1H3,(H,18,19). The highest BCUT2D eigenvalue weighted by molar-refractivity contribution is 6.40. The average Bonchev–Trinajstić information content (AvgIpc) is 2.38. The predicted molar refractivity (Wildman–Crippen MR) is 84.2 cm³/mol. The zero-order valence-electron chi connectivity index (χ0n) is 10.8. The molecule has 0 amide bonds. The van der Waals surface area contributed by atoms with Gasteiger partial charge in [0.05, 0.1) is 10.0 Å². The molecule has 0 saturated heterocycles. The molecule has 0 aliphatic carbocycles. The Morgan fingerprint density at radius 2 is 1.85 bits per heavy atom. The highest BCUT2D eigenvalue weighted by Crippen LogP contribution is 2.36. The first kappa shape index (κ1) is 15.2. The summed E-state index contributed by atoms with van der Waals surface area (Å²) < 4.78 is 5.66. The second-order valence-electron chi connectivity index (χ2n) is 4.07. The van der Waals surface area contributed by atoms with Crippen LogP contribution in [0.25, 0.3) is 0 Å². The van der Waals surface area contributed by atoms with Crippen molar-refractivity contribution in [3.63, 3.8) is 0 Å². The Bertz CT molecular complexity index is 582. The summed E-state index contributed by atoms with van der Waals surface area (Å²) >= 11 is 18.0. The number of anilines is 1. The molecule has 2 aromatic rings. The van der Waals surface area contributed by atoms with Crippen LogP contribution < -0.4 is 10.1 Å². The van der Waals surface area contributed by atoms with Crippen LogP contribution in [0, 0.1) is 0 Å². The Morgan fingerprint density at radius 1 is 1.15 bits per heavy atom. The van der Waals surface area contributed by atoms with E-state index in [0.717, 1.165) is 17.9 Å². The predicted octanol–water partition coefficient (Wildman–Crippen LogP) is 5.05. The molecule has 106 valence electrons. The molecule has 6 heteroatoms. The number of hydrogen-bond donors (Lipinski definition) is 1. The monoisotopic (exact) mass is 330 g/mol. The SMILES string of the molecule is CCNc1cc(COc2c(Cl)cc(Cl)cc2Cl)ccn1. The summed E-state index contributed by atoms with van der Waals surface area (Å²) in [5, 5.41) is 4.40. The number of nitrogens with zero attached hydrogens (tertiary/aromatic N) is 1. The van der Waals surface area contributed by atoms with Crippen LogP contribution in [0.15, 0.2) is 30.5 Å². The van der Waals surface area contributed by atoms with Gasteiger partial charge >= 0.3 is 0 Å². The van der Waals surface area contributed by atoms with Crippen molar-refractivity contribution < 1.29 is 4.74 Å². The van der Waals surface area contributed by atoms with E-state index in [1.54, 1.807) is 18.3 Å². The minimum atomic E-state index is 0.349. The first-order valence-corrected chi connectivity index (χ1v) is 7.19. The second kappa shape index (κ2) is 7.02. The number of benzene rings is 1. The lowest BCUT2D eigenvalue weighted by Gasteiger charge is -2.11. The minimum Gasteiger partial charge on any atom is -0.486 e. The summed E-state index contributed by atoms with van der Waals surface area (Å²) in [4.78, 5) is 4.19. The molecular weight excluding hydrogens is 319 g/mol. The molecule has 0 atom stereocenters. The molecular formula is C14H13Cl3N2O. The fourth-order valence-electron chi connectivity index (χ4n) is 1.66. The Kier molecular flexibility index (Phi) is 5.35. The molecule has 0 aliphatic rings. The third-order valence-corrected chi connectivity index (χ3v) is 3.31. The summed E-state index contributed by atoms with van der Waals surface area (Å²) in [5.41, 5.74) is 0.970. The van der Waals surface area contributed by atoms with E-state index in [9.17, 15) is 0 Å². The van der Waals surface area contributed by atoms with E-state index in [0.29, 0.717) is 27.4 Å². The quantitative estimate of drug-likeness (QED) is 0.832. The van der Waals surface area contributed by atoms with E-state index in [4.69, 9.17) is 39.5 Å². The van der Waals surface area contributed by atoms with Crippen LogP contribution in [-0.4, -0.2) is 11.5 Å². The summed E-state index contributed by atoms with van der Waals surface area (Å²) in [6, 6.07) is 6.99. The van der Waals surface area contributed by atoms with Crippen molar-refractivity contribution in [1.82, 2.24) is 4.98 Å². The number of halogens is 3. The normalized spacial score (nSPS) is 10.4. The van der Waals surface area contributed by atoms with Gasteiger partial charge in [0.1, 0.15) is 12.4 Å². The summed E-state index contributed by atoms with van der Waals surface area (Å²) in [5.74, 6) is 1.24. The molecule has 1 N–H and O–H groups in total. The van der Waals surface area contributed by atoms with Crippen LogP contribution in [0.5, 0.6) is 5.75 Å². The molecule has 1 aromatic heterocycles. The number of ether oxygens (including phenoxy) is 1. The fraction of sp³-hybridized carbons (Fsp3) is 0.214. The summed E-state index contributed by atoms with van der Waals surface area (Å²) in [6.07, 6.45) is 1.72. The lowest BCUT2D eigenvalue weighted by Crippen LogP contribution is -2.02. The summed E-state index contributed by atoms with van der Waals surface area (Å²) in [6.45, 7) is 3.17. The van der Waals surface area contributed by atoms with E-state index < -0.39 is 0 Å². The van der Waals surface area contributed by atoms with Gasteiger partial charge < -0.3 is 10.1 Å². The number of rotatable bonds is 5. The van der Waals surface area contributed by atoms with Crippen molar-refractivity contribution >= 4 is 40.6 Å². The lowest BCUT2D eigenvalue weighted by molar-refractivity contribution is 0.306. The van der Waals surface area contributed by atoms with E-state index in [-0.39, 0.29) is 0 Å². The van der Waals surface area contributed by atoms with E-state index in [2.05, 4.69) is 10.3 Å². The highest BCUT2D eigenvalue weighted by atomic mass is 35.5. The lowest BCUT2D eigenvalue weighted by atomic mass is 10.2. The van der Waals surface area contributed by atoms with Crippen molar-refractivity contribution in [2.24, 2.45) is 0 Å². The number of pyridine rings is 1. The van der Waals surface area contributed by atoms with Crippen molar-refractivity contribution in [3.05, 3.63) is 51.1 Å². The van der Waals surface area contributed by atoms with Crippen LogP contribution in [-0.2, 0) is 6.61 Å². The van der Waals surface area contributed by atoms with Gasteiger partial charge in [0.15, 0.2) is 5.75 Å². The minimum absolute atomic E-state index is 0.349. The van der Waals surface area contributed by atoms with Gasteiger partial charge in [-0.25, -0.2) is 4.98 Å². The summed E-state index contributed by atoms with van der Waals surface area (Å²) in [7, 11) is 0. The zero-order valence-corrected chi connectivity index (χ0v) is 13.1. The third kappa shape index (κ3) is 3.92. The highest BCUT2D eigenvalue weighted by Gasteiger charge is 2.09. The Labute approximate surface area is 132 Å². The maximum Gasteiger partial charge on any atom is 0.157 e. The van der Waals surface area contributed by atoms with Gasteiger partial charge in [-0.15, -0.1) is 0 Å². The molecule has 1 heterocycles. The van der Waals surface area contributed by atoms with Crippen molar-refractivity contribution in [2.45, 2.75) is 13.5 Å². The molecule has 1 aromatic carbocycles. The molecule has 0 spiro atoms. The molecule has 0 bridgehead atoms. The van der Waals surface area contributed by atoms with E-state index >= 15 is 0 Å². The molecule has 0 saturated carbocycles.